The molecule has 0 N–H and O–H groups in total. The van der Waals surface area contributed by atoms with E-state index < -0.39 is 29.8 Å². The van der Waals surface area contributed by atoms with Gasteiger partial charge in [0, 0.05) is 55.3 Å². The maximum absolute atomic E-state index is 15.0. The lowest BCUT2D eigenvalue weighted by molar-refractivity contribution is -0.169. The predicted molar refractivity (Wildman–Crippen MR) is 190 cm³/mol. The van der Waals surface area contributed by atoms with E-state index in [1.807, 2.05) is 6.92 Å². The number of aromatic nitrogens is 3. The van der Waals surface area contributed by atoms with Crippen LogP contribution < -0.4 is 14.2 Å². The van der Waals surface area contributed by atoms with Gasteiger partial charge < -0.3 is 28.7 Å². The first-order valence-corrected chi connectivity index (χ1v) is 18.3. The van der Waals surface area contributed by atoms with E-state index in [0.717, 1.165) is 23.1 Å². The largest absolute Gasteiger partial charge is 0.497 e. The van der Waals surface area contributed by atoms with Gasteiger partial charge in [0.05, 0.1) is 31.6 Å². The Bertz CT molecular complexity index is 1860. The van der Waals surface area contributed by atoms with Crippen LogP contribution >= 0.6 is 11.6 Å². The summed E-state index contributed by atoms with van der Waals surface area (Å²) in [6, 6.07) is 7.91. The van der Waals surface area contributed by atoms with Crippen molar-refractivity contribution in [3.8, 4) is 17.2 Å². The highest BCUT2D eigenvalue weighted by atomic mass is 35.5. The van der Waals surface area contributed by atoms with Crippen LogP contribution in [-0.2, 0) is 45.8 Å². The summed E-state index contributed by atoms with van der Waals surface area (Å²) in [6.45, 7) is 4.45. The second kappa shape index (κ2) is 15.9. The summed E-state index contributed by atoms with van der Waals surface area (Å²) in [5, 5.41) is 8.12. The fraction of sp³-hybridized carbons (Fsp3) is 0.553. The number of nitrogens with zero attached hydrogens (tertiary/aromatic N) is 5. The van der Waals surface area contributed by atoms with Gasteiger partial charge in [0.15, 0.2) is 0 Å². The number of esters is 1. The molecule has 3 heterocycles. The summed E-state index contributed by atoms with van der Waals surface area (Å²) >= 11 is 6.78. The van der Waals surface area contributed by atoms with Crippen molar-refractivity contribution in [3.05, 3.63) is 63.4 Å². The molecule has 6 rings (SSSR count). The molecular formula is C38H46ClF2N5O7. The second-order valence-corrected chi connectivity index (χ2v) is 14.9. The summed E-state index contributed by atoms with van der Waals surface area (Å²) in [6.07, 6.45) is 0.416. The summed E-state index contributed by atoms with van der Waals surface area (Å²) < 4.78 is 51.7. The second-order valence-electron chi connectivity index (χ2n) is 14.4. The first kappa shape index (κ1) is 38.3. The molecule has 1 saturated heterocycles. The molecule has 286 valence electrons. The first-order valence-electron chi connectivity index (χ1n) is 17.9. The molecule has 0 radical (unpaired) electrons. The van der Waals surface area contributed by atoms with E-state index in [0.29, 0.717) is 72.2 Å². The van der Waals surface area contributed by atoms with Crippen LogP contribution in [0.25, 0.3) is 0 Å². The van der Waals surface area contributed by atoms with Gasteiger partial charge in [-0.3, -0.25) is 14.4 Å². The number of carbonyl (C=O) groups excluding carboxylic acids is 3. The molecule has 2 fully saturated rings. The highest BCUT2D eigenvalue weighted by Gasteiger charge is 2.51. The van der Waals surface area contributed by atoms with Crippen molar-refractivity contribution < 1.29 is 42.1 Å². The topological polar surface area (TPSA) is 125 Å². The Kier molecular flexibility index (Phi) is 11.5. The van der Waals surface area contributed by atoms with Gasteiger partial charge in [-0.2, -0.15) is 0 Å². The zero-order valence-electron chi connectivity index (χ0n) is 30.7. The van der Waals surface area contributed by atoms with E-state index >= 15 is 0 Å². The number of hydrogen-bond acceptors (Lipinski definition) is 9. The van der Waals surface area contributed by atoms with Crippen LogP contribution in [0.2, 0.25) is 5.02 Å². The van der Waals surface area contributed by atoms with Gasteiger partial charge in [-0.15, -0.1) is 5.10 Å². The van der Waals surface area contributed by atoms with Crippen molar-refractivity contribution in [2.45, 2.75) is 78.1 Å². The number of alkyl halides is 2. The summed E-state index contributed by atoms with van der Waals surface area (Å²) in [4.78, 5) is 45.7. The van der Waals surface area contributed by atoms with Gasteiger partial charge in [-0.1, -0.05) is 36.6 Å². The number of likely N-dealkylation sites (tertiary alicyclic amines) is 1. The van der Waals surface area contributed by atoms with Crippen LogP contribution in [0.1, 0.15) is 86.5 Å². The summed E-state index contributed by atoms with van der Waals surface area (Å²) in [7, 11) is 4.47. The molecule has 0 unspecified atom stereocenters. The van der Waals surface area contributed by atoms with Crippen LogP contribution in [0.4, 0.5) is 8.78 Å². The van der Waals surface area contributed by atoms with Gasteiger partial charge >= 0.3 is 5.97 Å². The van der Waals surface area contributed by atoms with Crippen LogP contribution in [0.15, 0.2) is 30.3 Å². The maximum atomic E-state index is 15.0. The normalized spacial score (nSPS) is 22.9. The third kappa shape index (κ3) is 7.65. The van der Waals surface area contributed by atoms with E-state index in [9.17, 15) is 23.2 Å². The van der Waals surface area contributed by atoms with Crippen molar-refractivity contribution in [2.24, 2.45) is 24.3 Å². The Morgan fingerprint density at radius 3 is 2.58 bits per heavy atom. The SMILES string of the molecule is COc1ccc(COC(=O)[C@@]2(C)CCCC[C@H]2C(=O)N2CCc3c(Cl)ccc(OCc4nnn(C)c4C(F)F)c3[C@H]2CN2C[C@H](C)CC2=O)c(OC)c1. The third-order valence-corrected chi connectivity index (χ3v) is 11.4. The minimum Gasteiger partial charge on any atom is -0.497 e. The first-order chi connectivity index (χ1) is 25.4. The molecule has 15 heteroatoms. The van der Waals surface area contributed by atoms with E-state index in [4.69, 9.17) is 30.5 Å². The quantitative estimate of drug-likeness (QED) is 0.198. The van der Waals surface area contributed by atoms with Gasteiger partial charge in [0.1, 0.15) is 41.9 Å². The predicted octanol–water partition coefficient (Wildman–Crippen LogP) is 6.24. The molecule has 1 aliphatic carbocycles. The zero-order valence-corrected chi connectivity index (χ0v) is 31.5. The van der Waals surface area contributed by atoms with Crippen LogP contribution in [-0.4, -0.2) is 76.4 Å². The Labute approximate surface area is 312 Å². The smallest absolute Gasteiger partial charge is 0.312 e. The number of rotatable bonds is 12. The van der Waals surface area contributed by atoms with Gasteiger partial charge in [0.25, 0.3) is 6.43 Å². The number of aryl methyl sites for hydroxylation is 1. The minimum absolute atomic E-state index is 0.0150. The molecule has 3 aromatic rings. The molecule has 0 spiro atoms. The Balaban J connectivity index is 1.31. The Morgan fingerprint density at radius 2 is 1.89 bits per heavy atom. The fourth-order valence-corrected chi connectivity index (χ4v) is 8.35. The van der Waals surface area contributed by atoms with Crippen molar-refractivity contribution >= 4 is 29.4 Å². The molecule has 4 atom stereocenters. The molecule has 2 aliphatic heterocycles. The summed E-state index contributed by atoms with van der Waals surface area (Å²) in [5.41, 5.74) is 0.533. The van der Waals surface area contributed by atoms with E-state index in [-0.39, 0.29) is 48.9 Å². The number of amides is 2. The number of benzene rings is 2. The molecule has 0 bridgehead atoms. The lowest BCUT2D eigenvalue weighted by Gasteiger charge is -2.45. The lowest BCUT2D eigenvalue weighted by Crippen LogP contribution is -2.53. The number of halogens is 3. The van der Waals surface area contributed by atoms with E-state index in [1.54, 1.807) is 54.2 Å². The molecule has 3 aliphatic rings. The number of carbonyl (C=O) groups is 3. The molecule has 2 amide bonds. The third-order valence-electron chi connectivity index (χ3n) is 11.0. The van der Waals surface area contributed by atoms with Gasteiger partial charge in [-0.05, 0) is 61.9 Å². The van der Waals surface area contributed by atoms with Crippen LogP contribution in [0, 0.1) is 17.3 Å². The van der Waals surface area contributed by atoms with E-state index in [2.05, 4.69) is 10.3 Å². The highest BCUT2D eigenvalue weighted by Crippen LogP contribution is 2.47. The van der Waals surface area contributed by atoms with Gasteiger partial charge in [0.2, 0.25) is 11.8 Å². The van der Waals surface area contributed by atoms with Gasteiger partial charge in [-0.25, -0.2) is 13.5 Å². The fourth-order valence-electron chi connectivity index (χ4n) is 8.09. The number of methoxy groups -OCH3 is 2. The Hall–Kier alpha value is -4.46. The average Bonchev–Trinajstić information content (AvgIpc) is 3.68. The maximum Gasteiger partial charge on any atom is 0.312 e. The number of hydrogen-bond donors (Lipinski definition) is 0. The van der Waals surface area contributed by atoms with Crippen molar-refractivity contribution in [3.63, 3.8) is 0 Å². The lowest BCUT2D eigenvalue weighted by atomic mass is 9.66. The molecule has 1 saturated carbocycles. The molecule has 53 heavy (non-hydrogen) atoms. The van der Waals surface area contributed by atoms with E-state index in [1.165, 1.54) is 14.2 Å². The van der Waals surface area contributed by atoms with Crippen LogP contribution in [0.5, 0.6) is 17.2 Å². The summed E-state index contributed by atoms with van der Waals surface area (Å²) in [5.74, 6) is 0.176. The minimum atomic E-state index is -2.81. The molecule has 2 aromatic carbocycles. The number of ether oxygens (including phenoxy) is 4. The monoisotopic (exact) mass is 757 g/mol. The van der Waals surface area contributed by atoms with Crippen molar-refractivity contribution in [2.75, 3.05) is 33.9 Å². The molecular weight excluding hydrogens is 712 g/mol. The van der Waals surface area contributed by atoms with Crippen molar-refractivity contribution in [1.29, 1.82) is 0 Å². The average molecular weight is 758 g/mol. The highest BCUT2D eigenvalue weighted by molar-refractivity contribution is 6.31. The van der Waals surface area contributed by atoms with Crippen LogP contribution in [0.3, 0.4) is 0 Å². The molecule has 1 aromatic heterocycles. The Morgan fingerprint density at radius 1 is 1.09 bits per heavy atom. The molecule has 12 nitrogen and oxygen atoms in total. The van der Waals surface area contributed by atoms with Crippen molar-refractivity contribution in [1.82, 2.24) is 24.8 Å². The standard InChI is InChI=1S/C38H46ClF2N5O7/c1-22-16-32(47)45(18-22)19-29-33-25(27(39)11-12-30(33)52-21-28-34(35(40)41)44(3)43-42-28)13-15-46(29)36(48)26-8-6-7-14-38(26,2)37(49)53-20-23-9-10-24(50-4)17-31(23)51-5/h9-12,17,22,26,29,35H,6-8,13-16,18-21H2,1-5H3/t22-,26+,29-,38+/m1/s1. The number of fused-ring (bicyclic) bond motifs is 1. The zero-order chi connectivity index (χ0) is 38.0.